The maximum Gasteiger partial charge on any atom is 0.344 e. The van der Waals surface area contributed by atoms with Crippen LogP contribution in [0.2, 0.25) is 0 Å². The predicted molar refractivity (Wildman–Crippen MR) is 126 cm³/mol. The van der Waals surface area contributed by atoms with Crippen LogP contribution in [0.4, 0.5) is 8.78 Å². The normalized spacial score (nSPS) is 12.2. The molecule has 0 aliphatic heterocycles. The van der Waals surface area contributed by atoms with E-state index in [1.807, 2.05) is 30.3 Å². The van der Waals surface area contributed by atoms with Crippen molar-refractivity contribution >= 4 is 11.7 Å². The number of nitrogens with two attached hydrogens (primary N) is 1. The van der Waals surface area contributed by atoms with Crippen LogP contribution in [-0.2, 0) is 16.2 Å². The van der Waals surface area contributed by atoms with E-state index in [9.17, 15) is 18.7 Å². The molecule has 1 heterocycles. The number of oxime groups is 1. The van der Waals surface area contributed by atoms with Crippen molar-refractivity contribution in [2.45, 2.75) is 32.9 Å². The molecule has 1 aromatic heterocycles. The Labute approximate surface area is 201 Å². The number of halogens is 2. The molecule has 3 rings (SSSR count). The summed E-state index contributed by atoms with van der Waals surface area (Å²) in [5.41, 5.74) is 9.36. The molecule has 0 amide bonds. The zero-order valence-corrected chi connectivity index (χ0v) is 19.4. The van der Waals surface area contributed by atoms with Gasteiger partial charge < -0.3 is 25.2 Å². The molecule has 3 aromatic rings. The molecular weight excluding hydrogens is 460 g/mol. The quantitative estimate of drug-likeness (QED) is 0.310. The molecule has 0 fully saturated rings. The average Bonchev–Trinajstić information content (AvgIpc) is 2.84. The first-order valence-electron chi connectivity index (χ1n) is 10.7. The molecule has 0 aliphatic carbocycles. The van der Waals surface area contributed by atoms with Gasteiger partial charge in [0, 0.05) is 18.2 Å². The van der Waals surface area contributed by atoms with Gasteiger partial charge in [0.2, 0.25) is 0 Å². The lowest BCUT2D eigenvalue weighted by atomic mass is 9.99. The fourth-order valence-electron chi connectivity index (χ4n) is 3.24. The maximum atomic E-state index is 14.5. The number of carbonyl (C=O) groups is 1. The molecule has 0 aliphatic rings. The molecule has 0 radical (unpaired) electrons. The van der Waals surface area contributed by atoms with Crippen LogP contribution >= 0.6 is 0 Å². The van der Waals surface area contributed by atoms with Gasteiger partial charge in [0.1, 0.15) is 12.9 Å². The second kappa shape index (κ2) is 11.4. The summed E-state index contributed by atoms with van der Waals surface area (Å²) in [6.45, 7) is 3.63. The minimum absolute atomic E-state index is 0.0510. The summed E-state index contributed by atoms with van der Waals surface area (Å²) in [6.07, 6.45) is -1.30. The van der Waals surface area contributed by atoms with Crippen molar-refractivity contribution in [2.24, 2.45) is 10.9 Å². The summed E-state index contributed by atoms with van der Waals surface area (Å²) in [5, 5.41) is 13.1. The van der Waals surface area contributed by atoms with Gasteiger partial charge >= 0.3 is 5.97 Å². The summed E-state index contributed by atoms with van der Waals surface area (Å²) in [4.78, 5) is 19.9. The Hall–Kier alpha value is -4.05. The molecule has 0 spiro atoms. The van der Waals surface area contributed by atoms with Gasteiger partial charge in [-0.3, -0.25) is 0 Å². The lowest BCUT2D eigenvalue weighted by molar-refractivity contribution is -0.145. The zero-order valence-electron chi connectivity index (χ0n) is 19.4. The Bertz CT molecular complexity index is 1250. The van der Waals surface area contributed by atoms with Crippen molar-refractivity contribution in [2.75, 3.05) is 7.11 Å². The Morgan fingerprint density at radius 2 is 1.86 bits per heavy atom. The second-order valence-corrected chi connectivity index (χ2v) is 7.53. The largest absolute Gasteiger partial charge is 0.479 e. The van der Waals surface area contributed by atoms with Gasteiger partial charge in [0.05, 0.1) is 5.71 Å². The molecule has 3 N–H and O–H groups in total. The van der Waals surface area contributed by atoms with Crippen molar-refractivity contribution < 1.29 is 33.0 Å². The van der Waals surface area contributed by atoms with E-state index in [0.29, 0.717) is 23.9 Å². The molecule has 1 atom stereocenters. The third kappa shape index (κ3) is 6.30. The van der Waals surface area contributed by atoms with Gasteiger partial charge in [-0.05, 0) is 54.3 Å². The van der Waals surface area contributed by atoms with Gasteiger partial charge in [0.25, 0.3) is 11.8 Å². The average molecular weight is 485 g/mol. The molecule has 35 heavy (non-hydrogen) atoms. The Balaban J connectivity index is 2.06. The van der Waals surface area contributed by atoms with Crippen molar-refractivity contribution in [1.29, 1.82) is 0 Å². The van der Waals surface area contributed by atoms with Crippen LogP contribution in [0.15, 0.2) is 53.7 Å². The standard InChI is InChI=1S/C25H25F2N3O5/c1-4-22(25(31)32)35-24-21(27)12-20(26)23(29-24)34-19-10-17(14(2)30-33-3)9-18(11-19)16-7-5-6-15(8-16)13-28/h5-12,22H,4,13,28H2,1-3H3,(H,31,32)/b30-14-/t22-/m1/s1. The number of hydrogen-bond donors (Lipinski definition) is 2. The number of carboxylic acid groups (broad SMARTS) is 1. The van der Waals surface area contributed by atoms with E-state index in [1.54, 1.807) is 26.0 Å². The first kappa shape index (κ1) is 25.6. The number of aromatic nitrogens is 1. The Kier molecular flexibility index (Phi) is 8.32. The number of benzene rings is 2. The van der Waals surface area contributed by atoms with Crippen molar-refractivity contribution in [3.63, 3.8) is 0 Å². The molecule has 10 heteroatoms. The van der Waals surface area contributed by atoms with Crippen molar-refractivity contribution in [1.82, 2.24) is 4.98 Å². The van der Waals surface area contributed by atoms with Gasteiger partial charge in [-0.1, -0.05) is 30.3 Å². The predicted octanol–water partition coefficient (Wildman–Crippen LogP) is 4.89. The van der Waals surface area contributed by atoms with Gasteiger partial charge in [0.15, 0.2) is 17.7 Å². The minimum atomic E-state index is -1.35. The number of pyridine rings is 1. The highest BCUT2D eigenvalue weighted by molar-refractivity contribution is 5.99. The molecule has 0 bridgehead atoms. The summed E-state index contributed by atoms with van der Waals surface area (Å²) < 4.78 is 39.6. The van der Waals surface area contributed by atoms with E-state index < -0.39 is 35.5 Å². The third-order valence-corrected chi connectivity index (χ3v) is 5.03. The van der Waals surface area contributed by atoms with Crippen LogP contribution in [0.5, 0.6) is 17.5 Å². The fraction of sp³-hybridized carbons (Fsp3) is 0.240. The first-order valence-corrected chi connectivity index (χ1v) is 10.7. The van der Waals surface area contributed by atoms with Gasteiger partial charge in [-0.2, -0.15) is 4.98 Å². The van der Waals surface area contributed by atoms with E-state index in [2.05, 4.69) is 10.1 Å². The van der Waals surface area contributed by atoms with Crippen LogP contribution in [0.25, 0.3) is 11.1 Å². The van der Waals surface area contributed by atoms with E-state index >= 15 is 0 Å². The maximum absolute atomic E-state index is 14.5. The minimum Gasteiger partial charge on any atom is -0.479 e. The third-order valence-electron chi connectivity index (χ3n) is 5.03. The summed E-state index contributed by atoms with van der Waals surface area (Å²) in [5.74, 6) is -4.62. The van der Waals surface area contributed by atoms with Crippen molar-refractivity contribution in [3.05, 3.63) is 71.3 Å². The van der Waals surface area contributed by atoms with E-state index in [4.69, 9.17) is 20.0 Å². The Morgan fingerprint density at radius 3 is 2.51 bits per heavy atom. The number of hydrogen-bond acceptors (Lipinski definition) is 7. The lowest BCUT2D eigenvalue weighted by Crippen LogP contribution is -2.26. The molecule has 8 nitrogen and oxygen atoms in total. The van der Waals surface area contributed by atoms with Gasteiger partial charge in [-0.25, -0.2) is 13.6 Å². The van der Waals surface area contributed by atoms with Crippen LogP contribution < -0.4 is 15.2 Å². The summed E-state index contributed by atoms with van der Waals surface area (Å²) in [6, 6.07) is 13.2. The van der Waals surface area contributed by atoms with Crippen LogP contribution in [0.1, 0.15) is 31.4 Å². The van der Waals surface area contributed by atoms with Crippen LogP contribution in [-0.4, -0.2) is 35.0 Å². The summed E-state index contributed by atoms with van der Waals surface area (Å²) in [7, 11) is 1.41. The van der Waals surface area contributed by atoms with E-state index in [1.165, 1.54) is 7.11 Å². The number of carboxylic acids is 1. The monoisotopic (exact) mass is 485 g/mol. The number of rotatable bonds is 10. The Morgan fingerprint density at radius 1 is 1.11 bits per heavy atom. The number of ether oxygens (including phenoxy) is 2. The van der Waals surface area contributed by atoms with Gasteiger partial charge in [-0.15, -0.1) is 0 Å². The molecule has 0 unspecified atom stereocenters. The molecule has 2 aromatic carbocycles. The first-order chi connectivity index (χ1) is 16.7. The topological polar surface area (TPSA) is 116 Å². The SMILES string of the molecule is CC[C@@H](Oc1nc(Oc2cc(/C(C)=N\OC)cc(-c3cccc(CN)c3)c2)c(F)cc1F)C(=O)O. The van der Waals surface area contributed by atoms with E-state index in [0.717, 1.165) is 16.7 Å². The zero-order chi connectivity index (χ0) is 25.5. The number of aliphatic carboxylic acids is 1. The lowest BCUT2D eigenvalue weighted by Gasteiger charge is -2.15. The van der Waals surface area contributed by atoms with Crippen LogP contribution in [0, 0.1) is 11.6 Å². The smallest absolute Gasteiger partial charge is 0.344 e. The highest BCUT2D eigenvalue weighted by Gasteiger charge is 2.22. The molecule has 184 valence electrons. The van der Waals surface area contributed by atoms with E-state index in [-0.39, 0.29) is 12.2 Å². The second-order valence-electron chi connectivity index (χ2n) is 7.53. The van der Waals surface area contributed by atoms with Crippen LogP contribution in [0.3, 0.4) is 0 Å². The number of nitrogens with zero attached hydrogens (tertiary/aromatic N) is 2. The van der Waals surface area contributed by atoms with Crippen molar-refractivity contribution in [3.8, 4) is 28.6 Å². The fourth-order valence-corrected chi connectivity index (χ4v) is 3.24. The molecular formula is C25H25F2N3O5. The molecule has 0 saturated carbocycles. The highest BCUT2D eigenvalue weighted by atomic mass is 19.1. The summed E-state index contributed by atoms with van der Waals surface area (Å²) >= 11 is 0. The molecule has 0 saturated heterocycles. The highest BCUT2D eigenvalue weighted by Crippen LogP contribution is 2.32.